The molecule has 1 fully saturated rings. The van der Waals surface area contributed by atoms with Crippen LogP contribution in [0.25, 0.3) is 5.69 Å². The molecular weight excluding hydrogens is 296 g/mol. The zero-order valence-corrected chi connectivity index (χ0v) is 13.9. The van der Waals surface area contributed by atoms with E-state index in [1.165, 1.54) is 29.8 Å². The molecule has 0 aliphatic carbocycles. The molecule has 0 unspecified atom stereocenters. The Kier molecular flexibility index (Phi) is 6.00. The van der Waals surface area contributed by atoms with Gasteiger partial charge in [0, 0.05) is 12.7 Å². The van der Waals surface area contributed by atoms with E-state index in [0.29, 0.717) is 5.92 Å². The maximum Gasteiger partial charge on any atom is 0.0678 e. The molecule has 0 atom stereocenters. The summed E-state index contributed by atoms with van der Waals surface area (Å²) in [6, 6.07) is 10.5. The molecule has 5 heteroatoms. The number of rotatable bonds is 4. The lowest BCUT2D eigenvalue weighted by atomic mass is 9.97. The number of hydrogen-bond donors (Lipinski definition) is 1. The van der Waals surface area contributed by atoms with Crippen LogP contribution in [0.1, 0.15) is 24.1 Å². The van der Waals surface area contributed by atoms with Crippen LogP contribution in [-0.4, -0.2) is 34.3 Å². The molecule has 0 amide bonds. The van der Waals surface area contributed by atoms with Gasteiger partial charge in [-0.2, -0.15) is 5.10 Å². The van der Waals surface area contributed by atoms with Gasteiger partial charge in [0.15, 0.2) is 0 Å². The maximum atomic E-state index is 5.77. The van der Waals surface area contributed by atoms with Crippen LogP contribution >= 0.6 is 12.4 Å². The van der Waals surface area contributed by atoms with Gasteiger partial charge < -0.3 is 5.73 Å². The second kappa shape index (κ2) is 7.77. The fraction of sp³-hybridized carbons (Fsp3) is 0.471. The molecule has 0 spiro atoms. The third-order valence-corrected chi connectivity index (χ3v) is 4.49. The van der Waals surface area contributed by atoms with Gasteiger partial charge in [-0.05, 0) is 63.0 Å². The Hall–Kier alpha value is -1.36. The number of piperidine rings is 1. The van der Waals surface area contributed by atoms with Gasteiger partial charge in [-0.25, -0.2) is 4.68 Å². The fourth-order valence-corrected chi connectivity index (χ4v) is 3.08. The third kappa shape index (κ3) is 3.69. The standard InChI is InChI=1S/C17H24N4.ClH/c1-14-4-2-3-5-17(14)21-16(6-9-19-21)13-20-10-7-15(12-18)8-11-20;/h2-6,9,15H,7-8,10-13,18H2,1H3;1H. The van der Waals surface area contributed by atoms with Crippen LogP contribution in [0.2, 0.25) is 0 Å². The van der Waals surface area contributed by atoms with Crippen LogP contribution in [0.3, 0.4) is 0 Å². The van der Waals surface area contributed by atoms with Gasteiger partial charge in [0.1, 0.15) is 0 Å². The van der Waals surface area contributed by atoms with E-state index >= 15 is 0 Å². The number of aromatic nitrogens is 2. The largest absolute Gasteiger partial charge is 0.330 e. The minimum atomic E-state index is 0. The number of para-hydroxylation sites is 1. The van der Waals surface area contributed by atoms with E-state index in [2.05, 4.69) is 51.9 Å². The molecular formula is C17H25ClN4. The van der Waals surface area contributed by atoms with Gasteiger partial charge in [0.2, 0.25) is 0 Å². The molecule has 1 aromatic carbocycles. The molecule has 120 valence electrons. The highest BCUT2D eigenvalue weighted by Crippen LogP contribution is 2.20. The van der Waals surface area contributed by atoms with Crippen molar-refractivity contribution in [1.82, 2.24) is 14.7 Å². The van der Waals surface area contributed by atoms with E-state index in [0.717, 1.165) is 26.2 Å². The summed E-state index contributed by atoms with van der Waals surface area (Å²) in [5.41, 5.74) is 9.46. The van der Waals surface area contributed by atoms with Crippen molar-refractivity contribution in [1.29, 1.82) is 0 Å². The zero-order valence-electron chi connectivity index (χ0n) is 13.1. The fourth-order valence-electron chi connectivity index (χ4n) is 3.08. The van der Waals surface area contributed by atoms with Gasteiger partial charge >= 0.3 is 0 Å². The molecule has 22 heavy (non-hydrogen) atoms. The number of nitrogens with two attached hydrogens (primary N) is 1. The number of benzene rings is 1. The summed E-state index contributed by atoms with van der Waals surface area (Å²) in [6.45, 7) is 6.20. The van der Waals surface area contributed by atoms with E-state index in [1.807, 2.05) is 6.20 Å². The molecule has 2 aromatic rings. The first-order chi connectivity index (χ1) is 10.3. The molecule has 0 saturated carbocycles. The first-order valence-electron chi connectivity index (χ1n) is 7.79. The van der Waals surface area contributed by atoms with Crippen LogP contribution < -0.4 is 5.73 Å². The van der Waals surface area contributed by atoms with Crippen LogP contribution in [0.4, 0.5) is 0 Å². The summed E-state index contributed by atoms with van der Waals surface area (Å²) in [5, 5.41) is 4.51. The minimum Gasteiger partial charge on any atom is -0.330 e. The second-order valence-corrected chi connectivity index (χ2v) is 5.98. The van der Waals surface area contributed by atoms with Crippen LogP contribution in [0.15, 0.2) is 36.5 Å². The van der Waals surface area contributed by atoms with E-state index in [4.69, 9.17) is 5.73 Å². The van der Waals surface area contributed by atoms with Crippen LogP contribution in [0, 0.1) is 12.8 Å². The normalized spacial score (nSPS) is 16.5. The molecule has 2 N–H and O–H groups in total. The van der Waals surface area contributed by atoms with Gasteiger partial charge in [0.05, 0.1) is 11.4 Å². The molecule has 3 rings (SSSR count). The monoisotopic (exact) mass is 320 g/mol. The Bertz CT molecular complexity index is 588. The van der Waals surface area contributed by atoms with Gasteiger partial charge in [-0.3, -0.25) is 4.90 Å². The molecule has 1 aliphatic heterocycles. The van der Waals surface area contributed by atoms with Crippen molar-refractivity contribution in [3.8, 4) is 5.69 Å². The number of nitrogens with zero attached hydrogens (tertiary/aromatic N) is 3. The Morgan fingerprint density at radius 1 is 1.18 bits per heavy atom. The van der Waals surface area contributed by atoms with Crippen LogP contribution in [0.5, 0.6) is 0 Å². The Morgan fingerprint density at radius 2 is 1.91 bits per heavy atom. The molecule has 2 heterocycles. The highest BCUT2D eigenvalue weighted by atomic mass is 35.5. The molecule has 0 bridgehead atoms. The lowest BCUT2D eigenvalue weighted by Gasteiger charge is -2.31. The summed E-state index contributed by atoms with van der Waals surface area (Å²) >= 11 is 0. The average Bonchev–Trinajstić information content (AvgIpc) is 2.96. The minimum absolute atomic E-state index is 0. The van der Waals surface area contributed by atoms with Crippen molar-refractivity contribution >= 4 is 12.4 Å². The van der Waals surface area contributed by atoms with Gasteiger partial charge in [-0.1, -0.05) is 18.2 Å². The zero-order chi connectivity index (χ0) is 14.7. The quantitative estimate of drug-likeness (QED) is 0.942. The predicted octanol–water partition coefficient (Wildman–Crippen LogP) is 2.77. The number of likely N-dealkylation sites (tertiary alicyclic amines) is 1. The summed E-state index contributed by atoms with van der Waals surface area (Å²) < 4.78 is 2.07. The van der Waals surface area contributed by atoms with E-state index in [9.17, 15) is 0 Å². The summed E-state index contributed by atoms with van der Waals surface area (Å²) in [4.78, 5) is 2.51. The van der Waals surface area contributed by atoms with Crippen molar-refractivity contribution in [3.05, 3.63) is 47.8 Å². The lowest BCUT2D eigenvalue weighted by Crippen LogP contribution is -2.36. The predicted molar refractivity (Wildman–Crippen MR) is 92.6 cm³/mol. The van der Waals surface area contributed by atoms with E-state index < -0.39 is 0 Å². The van der Waals surface area contributed by atoms with Gasteiger partial charge in [0.25, 0.3) is 0 Å². The van der Waals surface area contributed by atoms with E-state index in [-0.39, 0.29) is 12.4 Å². The molecule has 1 saturated heterocycles. The Morgan fingerprint density at radius 3 is 2.59 bits per heavy atom. The summed E-state index contributed by atoms with van der Waals surface area (Å²) in [5.74, 6) is 0.711. The lowest BCUT2D eigenvalue weighted by molar-refractivity contribution is 0.177. The van der Waals surface area contributed by atoms with Crippen molar-refractivity contribution in [2.45, 2.75) is 26.3 Å². The van der Waals surface area contributed by atoms with Crippen LogP contribution in [-0.2, 0) is 6.54 Å². The van der Waals surface area contributed by atoms with Crippen molar-refractivity contribution in [2.24, 2.45) is 11.7 Å². The molecule has 4 nitrogen and oxygen atoms in total. The van der Waals surface area contributed by atoms with E-state index in [1.54, 1.807) is 0 Å². The third-order valence-electron chi connectivity index (χ3n) is 4.49. The van der Waals surface area contributed by atoms with Gasteiger partial charge in [-0.15, -0.1) is 12.4 Å². The van der Waals surface area contributed by atoms with Crippen molar-refractivity contribution < 1.29 is 0 Å². The topological polar surface area (TPSA) is 47.1 Å². The first-order valence-corrected chi connectivity index (χ1v) is 7.79. The summed E-state index contributed by atoms with van der Waals surface area (Å²) in [7, 11) is 0. The Balaban J connectivity index is 0.00000176. The average molecular weight is 321 g/mol. The SMILES string of the molecule is Cc1ccccc1-n1nccc1CN1CCC(CN)CC1.Cl. The number of hydrogen-bond acceptors (Lipinski definition) is 3. The second-order valence-electron chi connectivity index (χ2n) is 5.98. The molecule has 1 aliphatic rings. The highest BCUT2D eigenvalue weighted by Gasteiger charge is 2.19. The molecule has 1 aromatic heterocycles. The summed E-state index contributed by atoms with van der Waals surface area (Å²) in [6.07, 6.45) is 4.33. The Labute approximate surface area is 138 Å². The van der Waals surface area contributed by atoms with Crippen molar-refractivity contribution in [3.63, 3.8) is 0 Å². The highest BCUT2D eigenvalue weighted by molar-refractivity contribution is 5.85. The first kappa shape index (κ1) is 17.0. The number of halogens is 1. The molecule has 0 radical (unpaired) electrons. The number of aryl methyl sites for hydroxylation is 1. The maximum absolute atomic E-state index is 5.77. The smallest absolute Gasteiger partial charge is 0.0678 e. The van der Waals surface area contributed by atoms with Crippen molar-refractivity contribution in [2.75, 3.05) is 19.6 Å².